The van der Waals surface area contributed by atoms with Gasteiger partial charge in [0.15, 0.2) is 0 Å². The summed E-state index contributed by atoms with van der Waals surface area (Å²) in [5.74, 6) is 0. The van der Waals surface area contributed by atoms with E-state index in [4.69, 9.17) is 0 Å². The van der Waals surface area contributed by atoms with E-state index in [2.05, 4.69) is 78.8 Å². The van der Waals surface area contributed by atoms with Crippen LogP contribution in [0, 0.1) is 10.8 Å². The van der Waals surface area contributed by atoms with Crippen molar-refractivity contribution < 1.29 is 0 Å². The van der Waals surface area contributed by atoms with Crippen LogP contribution in [-0.2, 0) is 6.42 Å². The smallest absolute Gasteiger partial charge is 0.0230 e. The van der Waals surface area contributed by atoms with Gasteiger partial charge in [0.2, 0.25) is 0 Å². The first kappa shape index (κ1) is 15.2. The van der Waals surface area contributed by atoms with Crippen LogP contribution < -0.4 is 0 Å². The van der Waals surface area contributed by atoms with Crippen molar-refractivity contribution in [3.63, 3.8) is 0 Å². The first-order valence-corrected chi connectivity index (χ1v) is 6.12. The van der Waals surface area contributed by atoms with Crippen molar-refractivity contribution in [1.82, 2.24) is 0 Å². The molecule has 0 aromatic heterocycles. The first-order chi connectivity index (χ1) is 7.08. The third kappa shape index (κ3) is 13.2. The highest BCUT2D eigenvalue weighted by molar-refractivity contribution is 5.15. The van der Waals surface area contributed by atoms with E-state index < -0.39 is 0 Å². The second-order valence-electron chi connectivity index (χ2n) is 7.22. The van der Waals surface area contributed by atoms with Gasteiger partial charge in [0.05, 0.1) is 0 Å². The number of hydrogen-bond acceptors (Lipinski definition) is 0. The van der Waals surface area contributed by atoms with E-state index in [1.54, 1.807) is 0 Å². The Bertz CT molecular complexity index is 263. The Balaban J connectivity index is 0.000000385. The molecule has 0 saturated heterocycles. The molecule has 0 heteroatoms. The summed E-state index contributed by atoms with van der Waals surface area (Å²) in [4.78, 5) is 0. The van der Waals surface area contributed by atoms with Gasteiger partial charge in [-0.1, -0.05) is 78.8 Å². The van der Waals surface area contributed by atoms with E-state index in [0.29, 0.717) is 10.8 Å². The van der Waals surface area contributed by atoms with Crippen LogP contribution in [-0.4, -0.2) is 0 Å². The van der Waals surface area contributed by atoms with Crippen LogP contribution in [0.1, 0.15) is 54.0 Å². The Labute approximate surface area is 102 Å². The summed E-state index contributed by atoms with van der Waals surface area (Å²) in [6.07, 6.45) is 1.16. The molecule has 0 amide bonds. The lowest BCUT2D eigenvalue weighted by Gasteiger charge is -2.17. The highest BCUT2D eigenvalue weighted by atomic mass is 14.1. The van der Waals surface area contributed by atoms with Crippen LogP contribution in [0.5, 0.6) is 0 Å². The largest absolute Gasteiger partial charge is 0.0622 e. The van der Waals surface area contributed by atoms with E-state index in [0.717, 1.165) is 6.42 Å². The monoisotopic (exact) mass is 220 g/mol. The van der Waals surface area contributed by atoms with Gasteiger partial charge in [-0.2, -0.15) is 0 Å². The molecular weight excluding hydrogens is 192 g/mol. The van der Waals surface area contributed by atoms with Crippen LogP contribution in [0.15, 0.2) is 30.3 Å². The second kappa shape index (κ2) is 6.08. The summed E-state index contributed by atoms with van der Waals surface area (Å²) in [5.41, 5.74) is 2.33. The lowest BCUT2D eigenvalue weighted by Crippen LogP contribution is -2.08. The summed E-state index contributed by atoms with van der Waals surface area (Å²) in [5, 5.41) is 0. The molecule has 0 aliphatic rings. The highest BCUT2D eigenvalue weighted by Crippen LogP contribution is 2.19. The zero-order chi connectivity index (χ0) is 12.8. The Kier molecular flexibility index (Phi) is 5.78. The minimum Gasteiger partial charge on any atom is -0.0622 e. The molecule has 0 nitrogen and oxygen atoms in total. The number of hydrogen-bond donors (Lipinski definition) is 0. The van der Waals surface area contributed by atoms with Crippen molar-refractivity contribution in [2.45, 2.75) is 54.9 Å². The molecule has 0 aliphatic heterocycles. The van der Waals surface area contributed by atoms with Crippen LogP contribution in [0.3, 0.4) is 0 Å². The Morgan fingerprint density at radius 3 is 1.44 bits per heavy atom. The maximum atomic E-state index is 2.26. The van der Waals surface area contributed by atoms with Gasteiger partial charge in [0.1, 0.15) is 0 Å². The Morgan fingerprint density at radius 1 is 0.750 bits per heavy atom. The molecule has 0 aliphatic carbocycles. The molecule has 0 radical (unpaired) electrons. The van der Waals surface area contributed by atoms with Gasteiger partial charge in [0.25, 0.3) is 0 Å². The van der Waals surface area contributed by atoms with Gasteiger partial charge < -0.3 is 0 Å². The molecule has 0 unspecified atom stereocenters. The summed E-state index contributed by atoms with van der Waals surface area (Å²) in [7, 11) is 0. The molecule has 0 atom stereocenters. The van der Waals surface area contributed by atoms with Crippen molar-refractivity contribution in [1.29, 1.82) is 0 Å². The van der Waals surface area contributed by atoms with Gasteiger partial charge in [-0.3, -0.25) is 0 Å². The average molecular weight is 220 g/mol. The Morgan fingerprint density at radius 2 is 1.12 bits per heavy atom. The molecule has 0 spiro atoms. The fraction of sp³-hybridized carbons (Fsp3) is 0.625. The van der Waals surface area contributed by atoms with Crippen molar-refractivity contribution in [2.75, 3.05) is 0 Å². The molecule has 0 saturated carbocycles. The molecular formula is C16H28. The zero-order valence-electron chi connectivity index (χ0n) is 12.1. The fourth-order valence-corrected chi connectivity index (χ4v) is 1.21. The standard InChI is InChI=1S/C11H16.C5H12/c1-11(2,3)9-10-7-5-4-6-8-10;1-5(2,3)4/h4-8H,9H2,1-3H3;1-4H3. The molecule has 16 heavy (non-hydrogen) atoms. The first-order valence-electron chi connectivity index (χ1n) is 6.12. The SMILES string of the molecule is CC(C)(C)C.CC(C)(C)Cc1ccccc1. The summed E-state index contributed by atoms with van der Waals surface area (Å²) < 4.78 is 0. The topological polar surface area (TPSA) is 0 Å². The van der Waals surface area contributed by atoms with Gasteiger partial charge >= 0.3 is 0 Å². The molecule has 0 N–H and O–H groups in total. The number of rotatable bonds is 1. The van der Waals surface area contributed by atoms with Crippen molar-refractivity contribution in [3.05, 3.63) is 35.9 Å². The predicted molar refractivity (Wildman–Crippen MR) is 74.7 cm³/mol. The van der Waals surface area contributed by atoms with Crippen molar-refractivity contribution in [3.8, 4) is 0 Å². The van der Waals surface area contributed by atoms with Gasteiger partial charge in [-0.25, -0.2) is 0 Å². The maximum absolute atomic E-state index is 2.26. The minimum absolute atomic E-state index is 0.404. The molecule has 1 rings (SSSR count). The zero-order valence-corrected chi connectivity index (χ0v) is 12.1. The third-order valence-corrected chi connectivity index (χ3v) is 1.58. The Hall–Kier alpha value is -0.780. The van der Waals surface area contributed by atoms with Gasteiger partial charge in [-0.05, 0) is 22.8 Å². The number of benzene rings is 1. The third-order valence-electron chi connectivity index (χ3n) is 1.58. The second-order valence-corrected chi connectivity index (χ2v) is 7.22. The summed E-state index contributed by atoms with van der Waals surface area (Å²) in [6, 6.07) is 10.6. The van der Waals surface area contributed by atoms with Crippen LogP contribution in [0.4, 0.5) is 0 Å². The highest BCUT2D eigenvalue weighted by Gasteiger charge is 2.09. The molecule has 0 bridgehead atoms. The van der Waals surface area contributed by atoms with E-state index in [1.165, 1.54) is 5.56 Å². The van der Waals surface area contributed by atoms with E-state index >= 15 is 0 Å². The summed E-state index contributed by atoms with van der Waals surface area (Å²) >= 11 is 0. The lowest BCUT2D eigenvalue weighted by atomic mass is 9.88. The molecule has 1 aromatic carbocycles. The average Bonchev–Trinajstić information content (AvgIpc) is 1.99. The predicted octanol–water partition coefficient (Wildman–Crippen LogP) is 5.33. The van der Waals surface area contributed by atoms with Crippen LogP contribution in [0.2, 0.25) is 0 Å². The van der Waals surface area contributed by atoms with E-state index in [1.807, 2.05) is 0 Å². The van der Waals surface area contributed by atoms with E-state index in [-0.39, 0.29) is 0 Å². The minimum atomic E-state index is 0.404. The molecule has 0 fully saturated rings. The van der Waals surface area contributed by atoms with Gasteiger partial charge in [0, 0.05) is 0 Å². The normalized spacial score (nSPS) is 11.7. The summed E-state index contributed by atoms with van der Waals surface area (Å²) in [6.45, 7) is 15.5. The molecule has 0 heterocycles. The van der Waals surface area contributed by atoms with Crippen molar-refractivity contribution >= 4 is 0 Å². The fourth-order valence-electron chi connectivity index (χ4n) is 1.21. The molecule has 92 valence electrons. The van der Waals surface area contributed by atoms with Gasteiger partial charge in [-0.15, -0.1) is 0 Å². The van der Waals surface area contributed by atoms with E-state index in [9.17, 15) is 0 Å². The quantitative estimate of drug-likeness (QED) is 0.600. The van der Waals surface area contributed by atoms with Crippen LogP contribution >= 0.6 is 0 Å². The molecule has 1 aromatic rings. The maximum Gasteiger partial charge on any atom is -0.0230 e. The van der Waals surface area contributed by atoms with Crippen molar-refractivity contribution in [2.24, 2.45) is 10.8 Å². The lowest BCUT2D eigenvalue weighted by molar-refractivity contribution is 0.411. The van der Waals surface area contributed by atoms with Crippen LogP contribution in [0.25, 0.3) is 0 Å².